The number of hydrogen-bond acceptors (Lipinski definition) is 4. The Hall–Kier alpha value is -1.54. The summed E-state index contributed by atoms with van der Waals surface area (Å²) in [6, 6.07) is 13.2. The third-order valence-corrected chi connectivity index (χ3v) is 5.07. The van der Waals surface area contributed by atoms with Crippen LogP contribution < -0.4 is 10.5 Å². The molecule has 3 N–H and O–H groups in total. The molecule has 0 aromatic heterocycles. The fourth-order valence-corrected chi connectivity index (χ4v) is 3.20. The second-order valence-electron chi connectivity index (χ2n) is 4.74. The van der Waals surface area contributed by atoms with Crippen LogP contribution in [0.3, 0.4) is 0 Å². The van der Waals surface area contributed by atoms with E-state index in [1.165, 1.54) is 36.0 Å². The molecule has 5 nitrogen and oxygen atoms in total. The first-order valence-electron chi connectivity index (χ1n) is 6.59. The highest BCUT2D eigenvalue weighted by atomic mass is 35.5. The Morgan fingerprint density at radius 3 is 2.26 bits per heavy atom. The van der Waals surface area contributed by atoms with Crippen LogP contribution in [-0.2, 0) is 20.6 Å². The van der Waals surface area contributed by atoms with Crippen LogP contribution in [0.2, 0.25) is 5.02 Å². The van der Waals surface area contributed by atoms with E-state index in [1.807, 2.05) is 24.3 Å². The molecule has 0 aliphatic heterocycles. The van der Waals surface area contributed by atoms with Gasteiger partial charge < -0.3 is 5.32 Å². The molecule has 2 aromatic rings. The van der Waals surface area contributed by atoms with Crippen LogP contribution in [0.4, 0.5) is 5.69 Å². The lowest BCUT2D eigenvalue weighted by Gasteiger charge is -2.06. The maximum absolute atomic E-state index is 11.8. The summed E-state index contributed by atoms with van der Waals surface area (Å²) >= 11 is 7.29. The Morgan fingerprint density at radius 2 is 1.70 bits per heavy atom. The summed E-state index contributed by atoms with van der Waals surface area (Å²) in [6.45, 7) is 0. The van der Waals surface area contributed by atoms with Crippen molar-refractivity contribution in [3.8, 4) is 0 Å². The number of sulfonamides is 1. The minimum Gasteiger partial charge on any atom is -0.325 e. The van der Waals surface area contributed by atoms with Crippen LogP contribution in [0.25, 0.3) is 0 Å². The number of halogens is 1. The van der Waals surface area contributed by atoms with Crippen LogP contribution in [0.15, 0.2) is 53.4 Å². The monoisotopic (exact) mass is 370 g/mol. The summed E-state index contributed by atoms with van der Waals surface area (Å²) in [4.78, 5) is 11.8. The molecule has 0 bridgehead atoms. The maximum atomic E-state index is 11.8. The molecular formula is C15H15ClN2O3S2. The third-order valence-electron chi connectivity index (χ3n) is 2.88. The molecule has 2 aromatic carbocycles. The molecule has 0 radical (unpaired) electrons. The fourth-order valence-electron chi connectivity index (χ4n) is 1.77. The Bertz CT molecular complexity index is 775. The van der Waals surface area contributed by atoms with Crippen molar-refractivity contribution < 1.29 is 13.2 Å². The van der Waals surface area contributed by atoms with Gasteiger partial charge in [-0.2, -0.15) is 0 Å². The first kappa shape index (κ1) is 17.8. The van der Waals surface area contributed by atoms with Gasteiger partial charge in [-0.3, -0.25) is 4.79 Å². The molecule has 0 unspecified atom stereocenters. The second-order valence-corrected chi connectivity index (χ2v) is 7.72. The predicted molar refractivity (Wildman–Crippen MR) is 94.1 cm³/mol. The maximum Gasteiger partial charge on any atom is 0.238 e. The topological polar surface area (TPSA) is 89.3 Å². The normalized spacial score (nSPS) is 11.2. The fraction of sp³-hybridized carbons (Fsp3) is 0.133. The quantitative estimate of drug-likeness (QED) is 0.818. The van der Waals surface area contributed by atoms with Gasteiger partial charge in [-0.15, -0.1) is 11.8 Å². The predicted octanol–water partition coefficient (Wildman–Crippen LogP) is 2.86. The summed E-state index contributed by atoms with van der Waals surface area (Å²) in [5.41, 5.74) is 1.61. The average molecular weight is 371 g/mol. The zero-order chi connectivity index (χ0) is 16.9. The number of amides is 1. The molecule has 0 saturated carbocycles. The van der Waals surface area contributed by atoms with Crippen LogP contribution in [0, 0.1) is 0 Å². The molecule has 8 heteroatoms. The number of nitrogens with one attached hydrogen (secondary N) is 1. The first-order valence-corrected chi connectivity index (χ1v) is 9.67. The lowest BCUT2D eigenvalue weighted by molar-refractivity contribution is -0.113. The molecule has 0 fully saturated rings. The molecule has 1 amide bonds. The highest BCUT2D eigenvalue weighted by Crippen LogP contribution is 2.17. The van der Waals surface area contributed by atoms with E-state index >= 15 is 0 Å². The minimum absolute atomic E-state index is 0.00705. The summed E-state index contributed by atoms with van der Waals surface area (Å²) in [7, 11) is -3.72. The largest absolute Gasteiger partial charge is 0.325 e. The Balaban J connectivity index is 1.81. The Labute approximate surface area is 144 Å². The zero-order valence-electron chi connectivity index (χ0n) is 12.0. The summed E-state index contributed by atoms with van der Waals surface area (Å²) in [5, 5.41) is 8.39. The number of anilines is 1. The van der Waals surface area contributed by atoms with E-state index in [-0.39, 0.29) is 10.8 Å². The number of thioether (sulfide) groups is 1. The SMILES string of the molecule is NS(=O)(=O)c1ccc(NC(=O)CSCc2ccc(Cl)cc2)cc1. The van der Waals surface area contributed by atoms with Crippen LogP contribution in [0.1, 0.15) is 5.56 Å². The summed E-state index contributed by atoms with van der Waals surface area (Å²) < 4.78 is 22.3. The van der Waals surface area contributed by atoms with Crippen LogP contribution >= 0.6 is 23.4 Å². The number of nitrogens with two attached hydrogens (primary N) is 1. The van der Waals surface area contributed by atoms with Crippen molar-refractivity contribution in [1.29, 1.82) is 0 Å². The zero-order valence-corrected chi connectivity index (χ0v) is 14.4. The molecule has 0 saturated heterocycles. The van der Waals surface area contributed by atoms with Gasteiger partial charge in [0, 0.05) is 16.5 Å². The summed E-state index contributed by atoms with van der Waals surface area (Å²) in [6.07, 6.45) is 0. The molecule has 0 spiro atoms. The van der Waals surface area contributed by atoms with E-state index in [1.54, 1.807) is 0 Å². The van der Waals surface area contributed by atoms with Crippen LogP contribution in [-0.4, -0.2) is 20.1 Å². The number of rotatable bonds is 6. The molecule has 0 atom stereocenters. The third kappa shape index (κ3) is 5.87. The molecule has 122 valence electrons. The molecular weight excluding hydrogens is 356 g/mol. The van der Waals surface area contributed by atoms with Gasteiger partial charge in [0.25, 0.3) is 0 Å². The lowest BCUT2D eigenvalue weighted by atomic mass is 10.2. The Kier molecular flexibility index (Phi) is 6.06. The lowest BCUT2D eigenvalue weighted by Crippen LogP contribution is -2.15. The molecule has 0 heterocycles. The van der Waals surface area contributed by atoms with Crippen molar-refractivity contribution in [2.75, 3.05) is 11.1 Å². The minimum atomic E-state index is -3.72. The number of carbonyl (C=O) groups excluding carboxylic acids is 1. The van der Waals surface area contributed by atoms with E-state index in [2.05, 4.69) is 5.32 Å². The van der Waals surface area contributed by atoms with E-state index in [9.17, 15) is 13.2 Å². The van der Waals surface area contributed by atoms with E-state index < -0.39 is 10.0 Å². The molecule has 2 rings (SSSR count). The van der Waals surface area contributed by atoms with Gasteiger partial charge in [-0.25, -0.2) is 13.6 Å². The van der Waals surface area contributed by atoms with Gasteiger partial charge in [0.2, 0.25) is 15.9 Å². The summed E-state index contributed by atoms with van der Waals surface area (Å²) in [5.74, 6) is 0.835. The number of benzene rings is 2. The molecule has 23 heavy (non-hydrogen) atoms. The van der Waals surface area contributed by atoms with Crippen molar-refractivity contribution in [3.05, 3.63) is 59.1 Å². The van der Waals surface area contributed by atoms with E-state index in [4.69, 9.17) is 16.7 Å². The molecule has 0 aliphatic rings. The van der Waals surface area contributed by atoms with Gasteiger partial charge >= 0.3 is 0 Å². The van der Waals surface area contributed by atoms with Crippen LogP contribution in [0.5, 0.6) is 0 Å². The van der Waals surface area contributed by atoms with Crippen molar-refractivity contribution in [2.45, 2.75) is 10.6 Å². The van der Waals surface area contributed by atoms with Crippen molar-refractivity contribution in [1.82, 2.24) is 0 Å². The highest BCUT2D eigenvalue weighted by molar-refractivity contribution is 7.99. The number of hydrogen-bond donors (Lipinski definition) is 2. The van der Waals surface area contributed by atoms with Gasteiger partial charge in [-0.05, 0) is 42.0 Å². The standard InChI is InChI=1S/C15H15ClN2O3S2/c16-12-3-1-11(2-4-12)9-22-10-15(19)18-13-5-7-14(8-6-13)23(17,20)21/h1-8H,9-10H2,(H,18,19)(H2,17,20,21). The van der Waals surface area contributed by atoms with Crippen molar-refractivity contribution >= 4 is 45.0 Å². The van der Waals surface area contributed by atoms with Crippen molar-refractivity contribution in [2.24, 2.45) is 5.14 Å². The van der Waals surface area contributed by atoms with Gasteiger partial charge in [0.05, 0.1) is 10.6 Å². The van der Waals surface area contributed by atoms with Gasteiger partial charge in [-0.1, -0.05) is 23.7 Å². The first-order chi connectivity index (χ1) is 10.8. The average Bonchev–Trinajstić information content (AvgIpc) is 2.49. The second kappa shape index (κ2) is 7.83. The molecule has 0 aliphatic carbocycles. The van der Waals surface area contributed by atoms with E-state index in [0.29, 0.717) is 22.2 Å². The highest BCUT2D eigenvalue weighted by Gasteiger charge is 2.08. The van der Waals surface area contributed by atoms with Crippen molar-refractivity contribution in [3.63, 3.8) is 0 Å². The van der Waals surface area contributed by atoms with Gasteiger partial charge in [0.1, 0.15) is 0 Å². The van der Waals surface area contributed by atoms with E-state index in [0.717, 1.165) is 5.56 Å². The van der Waals surface area contributed by atoms with Gasteiger partial charge in [0.15, 0.2) is 0 Å². The smallest absolute Gasteiger partial charge is 0.238 e. The number of carbonyl (C=O) groups is 1. The number of primary sulfonamides is 1. The Morgan fingerprint density at radius 1 is 1.09 bits per heavy atom.